The molecule has 5 rings (SSSR count). The Morgan fingerprint density at radius 2 is 1.98 bits per heavy atom. The monoisotopic (exact) mass is 575 g/mol. The van der Waals surface area contributed by atoms with Crippen LogP contribution in [0.3, 0.4) is 0 Å². The Kier molecular flexibility index (Phi) is 9.48. The lowest BCUT2D eigenvalue weighted by Crippen LogP contribution is -3.19. The minimum Gasteiger partial charge on any atom is -0.545 e. The summed E-state index contributed by atoms with van der Waals surface area (Å²) in [6, 6.07) is 0. The highest BCUT2D eigenvalue weighted by Gasteiger charge is 2.75. The fourth-order valence-electron chi connectivity index (χ4n) is 10.0. The number of aliphatic hydroxyl groups is 2. The van der Waals surface area contributed by atoms with Crippen LogP contribution in [0.4, 0.5) is 0 Å². The molecule has 232 valence electrons. The third-order valence-electron chi connectivity index (χ3n) is 11.7. The minimum absolute atomic E-state index is 0.0112. The molecule has 4 aliphatic carbocycles. The molecule has 7 atom stereocenters. The molecule has 2 spiro atoms. The highest BCUT2D eigenvalue weighted by Crippen LogP contribution is 2.76. The van der Waals surface area contributed by atoms with E-state index in [0.29, 0.717) is 37.8 Å². The van der Waals surface area contributed by atoms with E-state index in [-0.39, 0.29) is 42.1 Å². The number of aliphatic imine (C=N–C) groups is 1. The number of carbonyl (C=O) groups excluding carboxylic acids is 1. The van der Waals surface area contributed by atoms with Crippen molar-refractivity contribution in [3.63, 3.8) is 0 Å². The van der Waals surface area contributed by atoms with Gasteiger partial charge in [-0.15, -0.1) is 0 Å². The fourth-order valence-corrected chi connectivity index (χ4v) is 10.0. The number of aliphatic carboxylic acids is 1. The van der Waals surface area contributed by atoms with Gasteiger partial charge in [0.15, 0.2) is 0 Å². The lowest BCUT2D eigenvalue weighted by molar-refractivity contribution is -0.828. The predicted octanol–water partition coefficient (Wildman–Crippen LogP) is -1.04. The van der Waals surface area contributed by atoms with Gasteiger partial charge in [-0.1, -0.05) is 31.8 Å². The first-order valence-electron chi connectivity index (χ1n) is 16.1. The SMILES string of the molecule is CNCCN=C(N)[NH+]1CCC(CNCCO)C2(C1)C1CCC(C)C23CC(O)(COC2CCCCC2)C(C(=O)[O-])=C3C1. The average molecular weight is 576 g/mol. The normalized spacial score (nSPS) is 39.5. The Morgan fingerprint density at radius 3 is 2.68 bits per heavy atom. The van der Waals surface area contributed by atoms with Gasteiger partial charge in [-0.05, 0) is 69.9 Å². The maximum Gasteiger partial charge on any atom is 0.293 e. The molecule has 1 aliphatic heterocycles. The molecule has 0 radical (unpaired) electrons. The number of hydrogen-bond donors (Lipinski definition) is 6. The van der Waals surface area contributed by atoms with Crippen LogP contribution in [-0.2, 0) is 9.53 Å². The largest absolute Gasteiger partial charge is 0.545 e. The molecule has 7 unspecified atom stereocenters. The van der Waals surface area contributed by atoms with E-state index in [9.17, 15) is 20.1 Å². The number of aliphatic hydroxyl groups excluding tert-OH is 1. The second-order valence-electron chi connectivity index (χ2n) is 13.6. The molecule has 0 aromatic heterocycles. The summed E-state index contributed by atoms with van der Waals surface area (Å²) in [5.41, 5.74) is 5.36. The van der Waals surface area contributed by atoms with Crippen LogP contribution in [0.15, 0.2) is 16.1 Å². The van der Waals surface area contributed by atoms with Gasteiger partial charge in [-0.3, -0.25) is 4.90 Å². The lowest BCUT2D eigenvalue weighted by Gasteiger charge is -2.60. The quantitative estimate of drug-likeness (QED) is 0.104. The number of carboxylic acids is 1. The van der Waals surface area contributed by atoms with E-state index in [2.05, 4.69) is 17.6 Å². The number of rotatable bonds is 11. The van der Waals surface area contributed by atoms with Gasteiger partial charge in [0, 0.05) is 35.9 Å². The molecule has 7 N–H and O–H groups in total. The third kappa shape index (κ3) is 5.27. The molecule has 3 saturated carbocycles. The average Bonchev–Trinajstić information content (AvgIpc) is 3.31. The first-order valence-corrected chi connectivity index (χ1v) is 16.1. The van der Waals surface area contributed by atoms with Gasteiger partial charge >= 0.3 is 0 Å². The molecule has 0 aromatic rings. The van der Waals surface area contributed by atoms with Gasteiger partial charge in [-0.25, -0.2) is 4.99 Å². The maximum atomic E-state index is 12.9. The van der Waals surface area contributed by atoms with E-state index in [4.69, 9.17) is 15.5 Å². The number of nitrogens with two attached hydrogens (primary N) is 1. The summed E-state index contributed by atoms with van der Waals surface area (Å²) in [6.45, 7) is 6.63. The summed E-state index contributed by atoms with van der Waals surface area (Å²) < 4.78 is 6.32. The number of hydrogen-bond acceptors (Lipinski definition) is 8. The summed E-state index contributed by atoms with van der Waals surface area (Å²) in [4.78, 5) is 18.8. The van der Waals surface area contributed by atoms with Gasteiger partial charge < -0.3 is 41.2 Å². The van der Waals surface area contributed by atoms with Gasteiger partial charge in [0.25, 0.3) is 5.96 Å². The summed E-state index contributed by atoms with van der Waals surface area (Å²) >= 11 is 0. The lowest BCUT2D eigenvalue weighted by atomic mass is 9.45. The van der Waals surface area contributed by atoms with E-state index in [1.165, 1.54) is 11.3 Å². The number of nitrogens with one attached hydrogen (secondary N) is 3. The predicted molar refractivity (Wildman–Crippen MR) is 155 cm³/mol. The number of likely N-dealkylation sites (N-methyl/N-ethyl adjacent to an activating group) is 1. The Bertz CT molecular complexity index is 1010. The number of carbonyl (C=O) groups is 1. The number of likely N-dealkylation sites (tertiary alicyclic amines) is 1. The van der Waals surface area contributed by atoms with Crippen molar-refractivity contribution in [3.05, 3.63) is 11.1 Å². The summed E-state index contributed by atoms with van der Waals surface area (Å²) in [5.74, 6) is 0.141. The number of quaternary nitrogens is 1. The first kappa shape index (κ1) is 30.9. The number of guanidine groups is 1. The van der Waals surface area contributed by atoms with Crippen LogP contribution in [0.1, 0.15) is 71.1 Å². The smallest absolute Gasteiger partial charge is 0.293 e. The second kappa shape index (κ2) is 12.6. The number of nitrogens with zero attached hydrogens (tertiary/aromatic N) is 1. The van der Waals surface area contributed by atoms with Crippen LogP contribution < -0.4 is 26.4 Å². The number of ether oxygens (including phenoxy) is 1. The molecule has 5 aliphatic rings. The minimum atomic E-state index is -1.57. The van der Waals surface area contributed by atoms with E-state index in [1.54, 1.807) is 0 Å². The Morgan fingerprint density at radius 1 is 1.20 bits per heavy atom. The number of allylic oxidation sites excluding steroid dienone is 1. The molecule has 10 nitrogen and oxygen atoms in total. The molecule has 0 aromatic carbocycles. The van der Waals surface area contributed by atoms with Gasteiger partial charge in [0.2, 0.25) is 0 Å². The Hall–Kier alpha value is -1.56. The molecule has 2 bridgehead atoms. The molecule has 4 fully saturated rings. The Labute approximate surface area is 245 Å². The first-order chi connectivity index (χ1) is 19.7. The maximum absolute atomic E-state index is 12.9. The van der Waals surface area contributed by atoms with Crippen LogP contribution >= 0.6 is 0 Å². The summed E-state index contributed by atoms with van der Waals surface area (Å²) in [5, 5.41) is 41.3. The molecule has 1 heterocycles. The van der Waals surface area contributed by atoms with Crippen LogP contribution in [0.25, 0.3) is 0 Å². The number of carboxylic acid groups (broad SMARTS) is 1. The highest BCUT2D eigenvalue weighted by atomic mass is 16.5. The van der Waals surface area contributed by atoms with Crippen molar-refractivity contribution in [2.45, 2.75) is 82.8 Å². The van der Waals surface area contributed by atoms with Crippen molar-refractivity contribution in [2.24, 2.45) is 39.3 Å². The van der Waals surface area contributed by atoms with Gasteiger partial charge in [0.1, 0.15) is 5.60 Å². The van der Waals surface area contributed by atoms with Crippen LogP contribution in [-0.4, -0.2) is 93.4 Å². The van der Waals surface area contributed by atoms with E-state index in [1.807, 2.05) is 7.05 Å². The zero-order valence-electron chi connectivity index (χ0n) is 25.2. The fraction of sp³-hybridized carbons (Fsp3) is 0.871. The van der Waals surface area contributed by atoms with Crippen molar-refractivity contribution >= 4 is 11.9 Å². The third-order valence-corrected chi connectivity index (χ3v) is 11.7. The van der Waals surface area contributed by atoms with Crippen LogP contribution in [0, 0.1) is 28.6 Å². The molecule has 41 heavy (non-hydrogen) atoms. The molecular formula is C31H53N5O5. The zero-order valence-corrected chi connectivity index (χ0v) is 25.2. The molecular weight excluding hydrogens is 522 g/mol. The van der Waals surface area contributed by atoms with Crippen LogP contribution in [0.2, 0.25) is 0 Å². The second-order valence-corrected chi connectivity index (χ2v) is 13.6. The van der Waals surface area contributed by atoms with Crippen molar-refractivity contribution in [1.82, 2.24) is 10.6 Å². The van der Waals surface area contributed by atoms with Crippen molar-refractivity contribution < 1.29 is 29.8 Å². The van der Waals surface area contributed by atoms with Crippen LogP contribution in [0.5, 0.6) is 0 Å². The molecule has 10 heteroatoms. The van der Waals surface area contributed by atoms with E-state index in [0.717, 1.165) is 76.7 Å². The Balaban J connectivity index is 1.55. The zero-order chi connectivity index (χ0) is 29.3. The standard InChI is InChI=1S/C31H53N5O5/c1-21-8-9-22-16-25-26(27(38)39)29(40,20-41-24-6-4-3-5-7-24)18-30(21,25)31(22)19-36(28(32)35-12-11-33-2)14-10-23(31)17-34-13-15-37/h21-24,33-34,37,40H,3-20H2,1-2H3,(H2,32,35)(H,38,39). The van der Waals surface area contributed by atoms with E-state index >= 15 is 0 Å². The summed E-state index contributed by atoms with van der Waals surface area (Å²) in [6.07, 6.45) is 9.43. The molecule has 0 amide bonds. The van der Waals surface area contributed by atoms with Gasteiger partial charge in [0.05, 0.1) is 44.9 Å². The van der Waals surface area contributed by atoms with Crippen molar-refractivity contribution in [1.29, 1.82) is 0 Å². The van der Waals surface area contributed by atoms with Crippen molar-refractivity contribution in [2.75, 3.05) is 59.5 Å². The topological polar surface area (TPSA) is 157 Å². The van der Waals surface area contributed by atoms with Crippen molar-refractivity contribution in [3.8, 4) is 0 Å². The number of piperidine rings is 1. The van der Waals surface area contributed by atoms with E-state index < -0.39 is 17.0 Å². The summed E-state index contributed by atoms with van der Waals surface area (Å²) in [7, 11) is 1.90. The highest BCUT2D eigenvalue weighted by molar-refractivity contribution is 5.90. The van der Waals surface area contributed by atoms with Gasteiger partial charge in [-0.2, -0.15) is 0 Å². The molecule has 1 saturated heterocycles.